The molecule has 0 radical (unpaired) electrons. The van der Waals surface area contributed by atoms with E-state index in [2.05, 4.69) is 31.8 Å². The molecule has 1 atom stereocenters. The molecule has 156 valence electrons. The van der Waals surface area contributed by atoms with Crippen molar-refractivity contribution < 1.29 is 4.79 Å². The van der Waals surface area contributed by atoms with Gasteiger partial charge in [-0.1, -0.05) is 12.1 Å². The van der Waals surface area contributed by atoms with E-state index in [1.807, 2.05) is 29.9 Å². The van der Waals surface area contributed by atoms with Crippen LogP contribution in [0, 0.1) is 24.2 Å². The van der Waals surface area contributed by atoms with Crippen LogP contribution in [0.15, 0.2) is 42.9 Å². The van der Waals surface area contributed by atoms with Crippen molar-refractivity contribution in [1.82, 2.24) is 25.1 Å². The number of aromatic nitrogens is 4. The minimum absolute atomic E-state index is 0.223. The van der Waals surface area contributed by atoms with E-state index in [0.29, 0.717) is 23.5 Å². The van der Waals surface area contributed by atoms with E-state index >= 15 is 0 Å². The van der Waals surface area contributed by atoms with Gasteiger partial charge in [-0.15, -0.1) is 0 Å². The number of nitrogens with zero attached hydrogens (tertiary/aromatic N) is 5. The molecule has 0 aliphatic heterocycles. The van der Waals surface area contributed by atoms with Gasteiger partial charge in [0, 0.05) is 23.5 Å². The second kappa shape index (κ2) is 7.84. The Morgan fingerprint density at radius 1 is 1.19 bits per heavy atom. The van der Waals surface area contributed by atoms with E-state index in [1.54, 1.807) is 24.5 Å². The molecule has 0 bridgehead atoms. The lowest BCUT2D eigenvalue weighted by atomic mass is 10.1. The van der Waals surface area contributed by atoms with Gasteiger partial charge >= 0.3 is 0 Å². The Morgan fingerprint density at radius 3 is 2.65 bits per heavy atom. The van der Waals surface area contributed by atoms with Gasteiger partial charge in [-0.2, -0.15) is 10.4 Å². The smallest absolute Gasteiger partial charge is 0.252 e. The third-order valence-corrected chi connectivity index (χ3v) is 5.69. The van der Waals surface area contributed by atoms with Gasteiger partial charge in [-0.3, -0.25) is 9.48 Å². The van der Waals surface area contributed by atoms with Crippen LogP contribution < -0.4 is 10.6 Å². The lowest BCUT2D eigenvalue weighted by Gasteiger charge is -2.11. The van der Waals surface area contributed by atoms with Crippen LogP contribution in [0.4, 0.5) is 11.6 Å². The minimum atomic E-state index is -0.408. The molecule has 2 fully saturated rings. The lowest BCUT2D eigenvalue weighted by molar-refractivity contribution is 0.0942. The predicted octanol–water partition coefficient (Wildman–Crippen LogP) is 3.76. The Hall–Kier alpha value is -3.73. The van der Waals surface area contributed by atoms with Gasteiger partial charge < -0.3 is 10.6 Å². The van der Waals surface area contributed by atoms with Crippen molar-refractivity contribution in [3.63, 3.8) is 0 Å². The molecular formula is C23H23N7O. The number of aryl methyl sites for hydroxylation is 1. The first-order valence-corrected chi connectivity index (χ1v) is 10.6. The largest absolute Gasteiger partial charge is 0.336 e. The van der Waals surface area contributed by atoms with Crippen molar-refractivity contribution in [3.8, 4) is 17.3 Å². The van der Waals surface area contributed by atoms with Crippen LogP contribution in [-0.2, 0) is 0 Å². The number of hydrogen-bond donors (Lipinski definition) is 2. The SMILES string of the molecule is Cc1cnc(Nc2cnn(C3CC3)c2)nc1-c1ccc(C(=O)N[C@H](C#N)C2CC2)cc1. The van der Waals surface area contributed by atoms with Crippen molar-refractivity contribution >= 4 is 17.5 Å². The highest BCUT2D eigenvalue weighted by atomic mass is 16.1. The van der Waals surface area contributed by atoms with Crippen LogP contribution >= 0.6 is 0 Å². The summed E-state index contributed by atoms with van der Waals surface area (Å²) in [6, 6.07) is 9.57. The monoisotopic (exact) mass is 413 g/mol. The summed E-state index contributed by atoms with van der Waals surface area (Å²) in [7, 11) is 0. The van der Waals surface area contributed by atoms with Crippen LogP contribution in [0.2, 0.25) is 0 Å². The second-order valence-electron chi connectivity index (χ2n) is 8.29. The lowest BCUT2D eigenvalue weighted by Crippen LogP contribution is -2.35. The highest BCUT2D eigenvalue weighted by molar-refractivity contribution is 5.95. The van der Waals surface area contributed by atoms with Crippen LogP contribution in [0.3, 0.4) is 0 Å². The number of amides is 1. The molecule has 2 aliphatic rings. The molecule has 2 heterocycles. The molecule has 1 aromatic carbocycles. The maximum Gasteiger partial charge on any atom is 0.252 e. The molecule has 8 heteroatoms. The molecule has 0 spiro atoms. The highest BCUT2D eigenvalue weighted by Gasteiger charge is 2.32. The number of hydrogen-bond acceptors (Lipinski definition) is 6. The van der Waals surface area contributed by atoms with E-state index in [1.165, 1.54) is 12.8 Å². The summed E-state index contributed by atoms with van der Waals surface area (Å²) in [6.07, 6.45) is 9.90. The van der Waals surface area contributed by atoms with Gasteiger partial charge in [-0.25, -0.2) is 9.97 Å². The van der Waals surface area contributed by atoms with Crippen molar-refractivity contribution in [1.29, 1.82) is 5.26 Å². The summed E-state index contributed by atoms with van der Waals surface area (Å²) >= 11 is 0. The molecule has 1 amide bonds. The topological polar surface area (TPSA) is 109 Å². The summed E-state index contributed by atoms with van der Waals surface area (Å²) in [4.78, 5) is 21.5. The molecule has 31 heavy (non-hydrogen) atoms. The molecule has 2 aliphatic carbocycles. The summed E-state index contributed by atoms with van der Waals surface area (Å²) in [6.45, 7) is 1.96. The molecule has 2 aromatic heterocycles. The number of rotatable bonds is 7. The Bertz CT molecular complexity index is 1150. The third kappa shape index (κ3) is 4.26. The van der Waals surface area contributed by atoms with E-state index in [0.717, 1.165) is 35.3 Å². The number of anilines is 2. The summed E-state index contributed by atoms with van der Waals surface area (Å²) in [5, 5.41) is 19.6. The van der Waals surface area contributed by atoms with Gasteiger partial charge in [0.25, 0.3) is 5.91 Å². The predicted molar refractivity (Wildman–Crippen MR) is 116 cm³/mol. The van der Waals surface area contributed by atoms with E-state index in [9.17, 15) is 10.1 Å². The number of nitriles is 1. The van der Waals surface area contributed by atoms with Crippen molar-refractivity contribution in [2.45, 2.75) is 44.7 Å². The molecule has 2 N–H and O–H groups in total. The number of carbonyl (C=O) groups is 1. The fraction of sp³-hybridized carbons (Fsp3) is 0.348. The van der Waals surface area contributed by atoms with Gasteiger partial charge in [0.05, 0.1) is 29.7 Å². The number of carbonyl (C=O) groups excluding carboxylic acids is 1. The average Bonchev–Trinajstić information content (AvgIpc) is 3.72. The minimum Gasteiger partial charge on any atom is -0.336 e. The maximum atomic E-state index is 12.5. The Labute approximate surface area is 180 Å². The van der Waals surface area contributed by atoms with Gasteiger partial charge in [-0.05, 0) is 56.2 Å². The Morgan fingerprint density at radius 2 is 1.97 bits per heavy atom. The average molecular weight is 413 g/mol. The molecular weight excluding hydrogens is 390 g/mol. The van der Waals surface area contributed by atoms with E-state index in [-0.39, 0.29) is 5.91 Å². The normalized spacial score (nSPS) is 16.4. The van der Waals surface area contributed by atoms with Crippen molar-refractivity contribution in [2.24, 2.45) is 5.92 Å². The first-order chi connectivity index (χ1) is 15.1. The molecule has 0 unspecified atom stereocenters. The second-order valence-corrected chi connectivity index (χ2v) is 8.29. The standard InChI is InChI=1S/C23H23N7O/c1-14-11-25-23(27-18-12-26-30(13-18)19-8-9-19)29-21(14)16-4-6-17(7-5-16)22(31)28-20(10-24)15-2-3-15/h4-7,11-13,15,19-20H,2-3,8-9H2,1H3,(H,28,31)(H,25,27,29)/t20-/m1/s1. The van der Waals surface area contributed by atoms with E-state index in [4.69, 9.17) is 0 Å². The van der Waals surface area contributed by atoms with Crippen LogP contribution in [0.25, 0.3) is 11.3 Å². The van der Waals surface area contributed by atoms with Gasteiger partial charge in [0.15, 0.2) is 0 Å². The first kappa shape index (κ1) is 19.2. The Kier molecular flexibility index (Phi) is 4.86. The highest BCUT2D eigenvalue weighted by Crippen LogP contribution is 2.35. The quantitative estimate of drug-likeness (QED) is 0.610. The maximum absolute atomic E-state index is 12.5. The first-order valence-electron chi connectivity index (χ1n) is 10.6. The van der Waals surface area contributed by atoms with Crippen LogP contribution in [0.5, 0.6) is 0 Å². The number of nitrogens with one attached hydrogen (secondary N) is 2. The summed E-state index contributed by atoms with van der Waals surface area (Å²) in [5.41, 5.74) is 4.02. The molecule has 2 saturated carbocycles. The zero-order valence-corrected chi connectivity index (χ0v) is 17.2. The fourth-order valence-electron chi connectivity index (χ4n) is 3.55. The molecule has 0 saturated heterocycles. The molecule has 8 nitrogen and oxygen atoms in total. The number of benzene rings is 1. The Balaban J connectivity index is 1.31. The fourth-order valence-corrected chi connectivity index (χ4v) is 3.55. The van der Waals surface area contributed by atoms with E-state index < -0.39 is 6.04 Å². The van der Waals surface area contributed by atoms with Crippen LogP contribution in [0.1, 0.15) is 47.6 Å². The molecule has 5 rings (SSSR count). The van der Waals surface area contributed by atoms with Crippen molar-refractivity contribution in [2.75, 3.05) is 5.32 Å². The summed E-state index contributed by atoms with van der Waals surface area (Å²) in [5.74, 6) is 0.567. The molecule has 3 aromatic rings. The van der Waals surface area contributed by atoms with Gasteiger partial charge in [0.1, 0.15) is 6.04 Å². The van der Waals surface area contributed by atoms with Crippen LogP contribution in [-0.4, -0.2) is 31.7 Å². The zero-order chi connectivity index (χ0) is 21.4. The summed E-state index contributed by atoms with van der Waals surface area (Å²) < 4.78 is 1.97. The zero-order valence-electron chi connectivity index (χ0n) is 17.2. The van der Waals surface area contributed by atoms with Crippen molar-refractivity contribution in [3.05, 3.63) is 54.0 Å². The van der Waals surface area contributed by atoms with Gasteiger partial charge in [0.2, 0.25) is 5.95 Å². The third-order valence-electron chi connectivity index (χ3n) is 5.69.